The van der Waals surface area contributed by atoms with Gasteiger partial charge in [0.2, 0.25) is 5.91 Å². The molecule has 3 N–H and O–H groups in total. The zero-order valence-electron chi connectivity index (χ0n) is 12.0. The predicted octanol–water partition coefficient (Wildman–Crippen LogP) is 0.186. The first kappa shape index (κ1) is 16.7. The molecule has 1 saturated carbocycles. The third-order valence-corrected chi connectivity index (χ3v) is 4.78. The molecule has 8 heteroatoms. The van der Waals surface area contributed by atoms with E-state index in [-0.39, 0.29) is 24.0 Å². The molecular weight excluding hydrogens is 282 g/mol. The van der Waals surface area contributed by atoms with Gasteiger partial charge in [0.05, 0.1) is 5.75 Å². The van der Waals surface area contributed by atoms with Crippen molar-refractivity contribution in [2.45, 2.75) is 32.1 Å². The molecule has 0 atom stereocenters. The average molecular weight is 305 g/mol. The van der Waals surface area contributed by atoms with E-state index >= 15 is 0 Å². The van der Waals surface area contributed by atoms with Crippen molar-refractivity contribution >= 4 is 21.6 Å². The van der Waals surface area contributed by atoms with Gasteiger partial charge in [-0.1, -0.05) is 24.4 Å². The highest BCUT2D eigenvalue weighted by Crippen LogP contribution is 2.38. The first-order chi connectivity index (χ1) is 9.23. The number of carbonyl (C=O) groups is 1. The Labute approximate surface area is 119 Å². The van der Waals surface area contributed by atoms with Gasteiger partial charge in [0.1, 0.15) is 15.3 Å². The molecule has 1 amide bonds. The van der Waals surface area contributed by atoms with E-state index in [0.717, 1.165) is 25.5 Å². The quantitative estimate of drug-likeness (QED) is 0.326. The molecule has 1 aliphatic carbocycles. The van der Waals surface area contributed by atoms with Gasteiger partial charge in [-0.25, -0.2) is 8.42 Å². The topological polar surface area (TPSA) is 113 Å². The van der Waals surface area contributed by atoms with Crippen LogP contribution in [0, 0.1) is 5.41 Å². The minimum Gasteiger partial charge on any atom is -0.409 e. The number of sulfone groups is 1. The summed E-state index contributed by atoms with van der Waals surface area (Å²) in [5.74, 6) is -0.439. The Balaban J connectivity index is 2.88. The van der Waals surface area contributed by atoms with Crippen LogP contribution >= 0.6 is 0 Å². The Kier molecular flexibility index (Phi) is 5.38. The van der Waals surface area contributed by atoms with Crippen LogP contribution in [0.4, 0.5) is 0 Å². The van der Waals surface area contributed by atoms with Gasteiger partial charge >= 0.3 is 0 Å². The molecule has 7 nitrogen and oxygen atoms in total. The van der Waals surface area contributed by atoms with Crippen LogP contribution in [0.15, 0.2) is 5.16 Å². The van der Waals surface area contributed by atoms with Gasteiger partial charge in [-0.3, -0.25) is 4.79 Å². The van der Waals surface area contributed by atoms with Crippen molar-refractivity contribution in [3.8, 4) is 0 Å². The molecule has 1 aliphatic rings. The number of oxime groups is 1. The number of carbonyl (C=O) groups excluding carboxylic acids is 1. The standard InChI is InChI=1S/C12H23N3O4S/c1-15(8-9-20(2,18)19)11(16)12(10(13)14-17)6-4-3-5-7-12/h17H,3-9H2,1-2H3,(H2,13,14). The van der Waals surface area contributed by atoms with Crippen LogP contribution in [0.5, 0.6) is 0 Å². The molecule has 0 aromatic carbocycles. The smallest absolute Gasteiger partial charge is 0.236 e. The highest BCUT2D eigenvalue weighted by molar-refractivity contribution is 7.90. The number of nitrogens with two attached hydrogens (primary N) is 1. The maximum atomic E-state index is 12.6. The Hall–Kier alpha value is -1.31. The largest absolute Gasteiger partial charge is 0.409 e. The normalized spacial score (nSPS) is 19.6. The highest BCUT2D eigenvalue weighted by atomic mass is 32.2. The van der Waals surface area contributed by atoms with Crippen LogP contribution < -0.4 is 5.73 Å². The van der Waals surface area contributed by atoms with Crippen LogP contribution in [0.25, 0.3) is 0 Å². The molecular formula is C12H23N3O4S. The molecule has 0 aliphatic heterocycles. The SMILES string of the molecule is CN(CCS(C)(=O)=O)C(=O)C1(C(N)=NO)CCCCC1. The minimum atomic E-state index is -3.13. The molecule has 0 bridgehead atoms. The number of hydrogen-bond acceptors (Lipinski definition) is 5. The van der Waals surface area contributed by atoms with Gasteiger partial charge in [-0.05, 0) is 12.8 Å². The molecule has 0 aromatic heterocycles. The van der Waals surface area contributed by atoms with Crippen molar-refractivity contribution in [2.75, 3.05) is 25.6 Å². The lowest BCUT2D eigenvalue weighted by Crippen LogP contribution is -2.52. The molecule has 0 unspecified atom stereocenters. The van der Waals surface area contributed by atoms with E-state index in [4.69, 9.17) is 10.9 Å². The van der Waals surface area contributed by atoms with E-state index < -0.39 is 15.3 Å². The van der Waals surface area contributed by atoms with Crippen molar-refractivity contribution in [1.82, 2.24) is 4.90 Å². The minimum absolute atomic E-state index is 0.0756. The lowest BCUT2D eigenvalue weighted by molar-refractivity contribution is -0.138. The first-order valence-electron chi connectivity index (χ1n) is 6.64. The van der Waals surface area contributed by atoms with E-state index in [0.29, 0.717) is 12.8 Å². The molecule has 116 valence electrons. The molecule has 0 heterocycles. The predicted molar refractivity (Wildman–Crippen MR) is 76.3 cm³/mol. The zero-order chi connectivity index (χ0) is 15.4. The van der Waals surface area contributed by atoms with Crippen molar-refractivity contribution in [3.63, 3.8) is 0 Å². The van der Waals surface area contributed by atoms with Crippen LogP contribution in [0.1, 0.15) is 32.1 Å². The summed E-state index contributed by atoms with van der Waals surface area (Å²) >= 11 is 0. The Bertz CT molecular complexity index is 481. The summed E-state index contributed by atoms with van der Waals surface area (Å²) in [6, 6.07) is 0. The van der Waals surface area contributed by atoms with Gasteiger partial charge in [-0.2, -0.15) is 0 Å². The number of amidine groups is 1. The van der Waals surface area contributed by atoms with E-state index in [1.165, 1.54) is 4.90 Å². The Morgan fingerprint density at radius 3 is 2.35 bits per heavy atom. The first-order valence-corrected chi connectivity index (χ1v) is 8.70. The van der Waals surface area contributed by atoms with Gasteiger partial charge in [-0.15, -0.1) is 0 Å². The summed E-state index contributed by atoms with van der Waals surface area (Å²) in [6.45, 7) is 0.109. The zero-order valence-corrected chi connectivity index (χ0v) is 12.8. The van der Waals surface area contributed by atoms with Crippen molar-refractivity contribution < 1.29 is 18.4 Å². The average Bonchev–Trinajstić information content (AvgIpc) is 2.42. The van der Waals surface area contributed by atoms with E-state index in [1.54, 1.807) is 7.05 Å². The Morgan fingerprint density at radius 1 is 1.35 bits per heavy atom. The summed E-state index contributed by atoms with van der Waals surface area (Å²) < 4.78 is 22.4. The van der Waals surface area contributed by atoms with Crippen LogP contribution in [0.2, 0.25) is 0 Å². The number of rotatable bonds is 5. The third kappa shape index (κ3) is 3.84. The van der Waals surface area contributed by atoms with Gasteiger partial charge in [0, 0.05) is 19.8 Å². The third-order valence-electron chi connectivity index (χ3n) is 3.86. The monoisotopic (exact) mass is 305 g/mol. The maximum Gasteiger partial charge on any atom is 0.236 e. The van der Waals surface area contributed by atoms with Crippen molar-refractivity contribution in [2.24, 2.45) is 16.3 Å². The second kappa shape index (κ2) is 6.43. The van der Waals surface area contributed by atoms with E-state index in [1.807, 2.05) is 0 Å². The van der Waals surface area contributed by atoms with Gasteiger partial charge < -0.3 is 15.8 Å². The summed E-state index contributed by atoms with van der Waals surface area (Å²) in [4.78, 5) is 14.0. The number of amides is 1. The van der Waals surface area contributed by atoms with E-state index in [9.17, 15) is 13.2 Å². The number of nitrogens with zero attached hydrogens (tertiary/aromatic N) is 2. The summed E-state index contributed by atoms with van der Waals surface area (Å²) in [5.41, 5.74) is 4.75. The fourth-order valence-electron chi connectivity index (χ4n) is 2.60. The maximum absolute atomic E-state index is 12.6. The lowest BCUT2D eigenvalue weighted by Gasteiger charge is -2.37. The number of hydrogen-bond donors (Lipinski definition) is 2. The van der Waals surface area contributed by atoms with E-state index in [2.05, 4.69) is 5.16 Å². The molecule has 0 saturated heterocycles. The lowest BCUT2D eigenvalue weighted by atomic mass is 9.72. The summed E-state index contributed by atoms with van der Waals surface area (Å²) in [6.07, 6.45) is 4.88. The summed E-state index contributed by atoms with van der Waals surface area (Å²) in [7, 11) is -1.58. The molecule has 20 heavy (non-hydrogen) atoms. The second-order valence-corrected chi connectivity index (χ2v) is 7.74. The van der Waals surface area contributed by atoms with Crippen LogP contribution in [-0.4, -0.2) is 55.9 Å². The molecule has 1 fully saturated rings. The molecule has 0 radical (unpaired) electrons. The Morgan fingerprint density at radius 2 is 1.90 bits per heavy atom. The fraction of sp³-hybridized carbons (Fsp3) is 0.833. The molecule has 0 spiro atoms. The second-order valence-electron chi connectivity index (χ2n) is 5.48. The van der Waals surface area contributed by atoms with Crippen molar-refractivity contribution in [3.05, 3.63) is 0 Å². The van der Waals surface area contributed by atoms with Crippen LogP contribution in [0.3, 0.4) is 0 Å². The van der Waals surface area contributed by atoms with Gasteiger partial charge in [0.15, 0.2) is 5.84 Å². The fourth-order valence-corrected chi connectivity index (χ4v) is 3.21. The van der Waals surface area contributed by atoms with Gasteiger partial charge in [0.25, 0.3) is 0 Å². The van der Waals surface area contributed by atoms with Crippen LogP contribution in [-0.2, 0) is 14.6 Å². The highest BCUT2D eigenvalue weighted by Gasteiger charge is 2.45. The van der Waals surface area contributed by atoms with Crippen molar-refractivity contribution in [1.29, 1.82) is 0 Å². The molecule has 1 rings (SSSR count). The molecule has 0 aromatic rings. The summed E-state index contributed by atoms with van der Waals surface area (Å²) in [5, 5.41) is 12.0.